The van der Waals surface area contributed by atoms with Gasteiger partial charge in [0.2, 0.25) is 0 Å². The quantitative estimate of drug-likeness (QED) is 0.621. The fourth-order valence-electron chi connectivity index (χ4n) is 3.04. The van der Waals surface area contributed by atoms with E-state index in [0.29, 0.717) is 18.3 Å². The van der Waals surface area contributed by atoms with Crippen molar-refractivity contribution in [2.75, 3.05) is 31.6 Å². The summed E-state index contributed by atoms with van der Waals surface area (Å²) in [7, 11) is 2.13. The number of rotatable bonds is 1. The van der Waals surface area contributed by atoms with Gasteiger partial charge in [-0.2, -0.15) is 0 Å². The molecule has 0 atom stereocenters. The van der Waals surface area contributed by atoms with Crippen LogP contribution in [0.4, 0.5) is 10.1 Å². The van der Waals surface area contributed by atoms with E-state index in [2.05, 4.69) is 22.0 Å². The minimum absolute atomic E-state index is 0.287. The summed E-state index contributed by atoms with van der Waals surface area (Å²) < 4.78 is 13.3. The number of hydrogen-bond acceptors (Lipinski definition) is 4. The molecule has 0 saturated carbocycles. The molecule has 2 heterocycles. The van der Waals surface area contributed by atoms with Crippen molar-refractivity contribution in [2.24, 2.45) is 5.16 Å². The number of nitrogens with zero attached hydrogens (tertiary/aromatic N) is 3. The first kappa shape index (κ1) is 12.4. The summed E-state index contributed by atoms with van der Waals surface area (Å²) in [5.41, 5.74) is 2.28. The molecule has 0 bridgehead atoms. The van der Waals surface area contributed by atoms with Gasteiger partial charge in [-0.1, -0.05) is 5.16 Å². The number of oxime groups is 1. The molecule has 0 spiro atoms. The second-order valence-corrected chi connectivity index (χ2v) is 5.37. The normalized spacial score (nSPS) is 23.1. The van der Waals surface area contributed by atoms with Gasteiger partial charge < -0.3 is 15.0 Å². The highest BCUT2D eigenvalue weighted by Crippen LogP contribution is 2.33. The standard InChI is InChI=1S/C14H18FN3O/c1-17-6-4-11(5-7-17)18-9-13(16-19)12-8-10(15)2-3-14(12)18/h2-3,8,11,19H,4-7,9H2,1H3/b16-13+. The number of fused-ring (bicyclic) bond motifs is 1. The summed E-state index contributed by atoms with van der Waals surface area (Å²) in [4.78, 5) is 4.57. The van der Waals surface area contributed by atoms with Crippen LogP contribution in [0.25, 0.3) is 0 Å². The second kappa shape index (κ2) is 4.81. The number of benzene rings is 1. The van der Waals surface area contributed by atoms with Crippen LogP contribution in [-0.2, 0) is 0 Å². The van der Waals surface area contributed by atoms with Crippen LogP contribution in [0.3, 0.4) is 0 Å². The molecule has 1 saturated heterocycles. The van der Waals surface area contributed by atoms with E-state index >= 15 is 0 Å². The Morgan fingerprint density at radius 3 is 2.74 bits per heavy atom. The Balaban J connectivity index is 1.90. The molecule has 1 N–H and O–H groups in total. The van der Waals surface area contributed by atoms with E-state index in [1.54, 1.807) is 6.07 Å². The fourth-order valence-corrected chi connectivity index (χ4v) is 3.04. The first-order chi connectivity index (χ1) is 9.19. The van der Waals surface area contributed by atoms with Gasteiger partial charge in [0.1, 0.15) is 11.5 Å². The van der Waals surface area contributed by atoms with Gasteiger partial charge in [0, 0.05) is 17.3 Å². The predicted octanol–water partition coefficient (Wildman–Crippen LogP) is 1.92. The van der Waals surface area contributed by atoms with Crippen LogP contribution in [0.5, 0.6) is 0 Å². The molecule has 0 aromatic heterocycles. The van der Waals surface area contributed by atoms with Gasteiger partial charge in [0.05, 0.1) is 6.54 Å². The first-order valence-corrected chi connectivity index (χ1v) is 6.65. The summed E-state index contributed by atoms with van der Waals surface area (Å²) >= 11 is 0. The lowest BCUT2D eigenvalue weighted by Gasteiger charge is -2.36. The van der Waals surface area contributed by atoms with Crippen molar-refractivity contribution in [3.63, 3.8) is 0 Å². The van der Waals surface area contributed by atoms with E-state index in [1.807, 2.05) is 0 Å². The highest BCUT2D eigenvalue weighted by Gasteiger charge is 2.32. The Hall–Kier alpha value is -1.62. The van der Waals surface area contributed by atoms with Gasteiger partial charge in [-0.25, -0.2) is 4.39 Å². The number of anilines is 1. The third kappa shape index (κ3) is 2.18. The molecular formula is C14H18FN3O. The third-order valence-electron chi connectivity index (χ3n) is 4.15. The Kier molecular flexibility index (Phi) is 3.14. The van der Waals surface area contributed by atoms with Crippen molar-refractivity contribution in [1.82, 2.24) is 4.90 Å². The predicted molar refractivity (Wildman–Crippen MR) is 72.6 cm³/mol. The van der Waals surface area contributed by atoms with Crippen LogP contribution in [-0.4, -0.2) is 48.5 Å². The van der Waals surface area contributed by atoms with E-state index in [1.165, 1.54) is 12.1 Å². The monoisotopic (exact) mass is 263 g/mol. The first-order valence-electron chi connectivity index (χ1n) is 6.65. The molecule has 2 aliphatic rings. The lowest BCUT2D eigenvalue weighted by atomic mass is 10.0. The number of halogens is 1. The van der Waals surface area contributed by atoms with Crippen molar-refractivity contribution in [3.05, 3.63) is 29.6 Å². The van der Waals surface area contributed by atoms with Gasteiger partial charge in [0.25, 0.3) is 0 Å². The molecule has 3 rings (SSSR count). The van der Waals surface area contributed by atoms with Crippen LogP contribution in [0.15, 0.2) is 23.4 Å². The smallest absolute Gasteiger partial charge is 0.124 e. The maximum atomic E-state index is 13.3. The molecule has 1 aromatic carbocycles. The second-order valence-electron chi connectivity index (χ2n) is 5.37. The van der Waals surface area contributed by atoms with E-state index in [-0.39, 0.29) is 5.82 Å². The highest BCUT2D eigenvalue weighted by atomic mass is 19.1. The van der Waals surface area contributed by atoms with Gasteiger partial charge in [-0.15, -0.1) is 0 Å². The zero-order valence-corrected chi connectivity index (χ0v) is 11.0. The zero-order chi connectivity index (χ0) is 13.4. The molecule has 5 heteroatoms. The molecule has 0 unspecified atom stereocenters. The Labute approximate surface area is 112 Å². The maximum absolute atomic E-state index is 13.3. The average molecular weight is 263 g/mol. The van der Waals surface area contributed by atoms with Crippen molar-refractivity contribution in [2.45, 2.75) is 18.9 Å². The topological polar surface area (TPSA) is 39.1 Å². The summed E-state index contributed by atoms with van der Waals surface area (Å²) in [5.74, 6) is -0.287. The fraction of sp³-hybridized carbons (Fsp3) is 0.500. The third-order valence-corrected chi connectivity index (χ3v) is 4.15. The summed E-state index contributed by atoms with van der Waals surface area (Å²) in [6.07, 6.45) is 2.18. The lowest BCUT2D eigenvalue weighted by Crippen LogP contribution is -2.43. The van der Waals surface area contributed by atoms with Gasteiger partial charge in [0.15, 0.2) is 0 Å². The molecule has 0 radical (unpaired) electrons. The molecule has 19 heavy (non-hydrogen) atoms. The largest absolute Gasteiger partial charge is 0.411 e. The zero-order valence-electron chi connectivity index (χ0n) is 11.0. The van der Waals surface area contributed by atoms with Gasteiger partial charge in [-0.3, -0.25) is 0 Å². The van der Waals surface area contributed by atoms with Crippen LogP contribution in [0.1, 0.15) is 18.4 Å². The van der Waals surface area contributed by atoms with Crippen molar-refractivity contribution in [1.29, 1.82) is 0 Å². The average Bonchev–Trinajstić information content (AvgIpc) is 2.77. The number of piperidine rings is 1. The van der Waals surface area contributed by atoms with Crippen LogP contribution >= 0.6 is 0 Å². The summed E-state index contributed by atoms with van der Waals surface area (Å²) in [6, 6.07) is 5.17. The van der Waals surface area contributed by atoms with Crippen LogP contribution in [0.2, 0.25) is 0 Å². The van der Waals surface area contributed by atoms with E-state index < -0.39 is 0 Å². The Bertz CT molecular complexity index is 509. The molecule has 1 fully saturated rings. The Morgan fingerprint density at radius 2 is 2.05 bits per heavy atom. The minimum atomic E-state index is -0.287. The molecular weight excluding hydrogens is 245 g/mol. The van der Waals surface area contributed by atoms with E-state index in [9.17, 15) is 4.39 Å². The van der Waals surface area contributed by atoms with Gasteiger partial charge in [-0.05, 0) is 51.2 Å². The Morgan fingerprint density at radius 1 is 1.32 bits per heavy atom. The van der Waals surface area contributed by atoms with Crippen molar-refractivity contribution < 1.29 is 9.60 Å². The number of likely N-dealkylation sites (tertiary alicyclic amines) is 1. The minimum Gasteiger partial charge on any atom is -0.411 e. The molecule has 4 nitrogen and oxygen atoms in total. The van der Waals surface area contributed by atoms with Gasteiger partial charge >= 0.3 is 0 Å². The van der Waals surface area contributed by atoms with Crippen molar-refractivity contribution >= 4 is 11.4 Å². The summed E-state index contributed by atoms with van der Waals surface area (Å²) in [6.45, 7) is 2.72. The lowest BCUT2D eigenvalue weighted by molar-refractivity contribution is 0.252. The molecule has 2 aliphatic heterocycles. The van der Waals surface area contributed by atoms with Crippen LogP contribution < -0.4 is 4.90 Å². The highest BCUT2D eigenvalue weighted by molar-refractivity contribution is 6.11. The van der Waals surface area contributed by atoms with E-state index in [0.717, 1.165) is 37.2 Å². The SMILES string of the molecule is CN1CCC(N2C/C(=N\O)c3cc(F)ccc32)CC1. The maximum Gasteiger partial charge on any atom is 0.124 e. The summed E-state index contributed by atoms with van der Waals surface area (Å²) in [5, 5.41) is 12.4. The van der Waals surface area contributed by atoms with E-state index in [4.69, 9.17) is 5.21 Å². The molecule has 0 amide bonds. The molecule has 0 aliphatic carbocycles. The molecule has 1 aromatic rings. The molecule has 102 valence electrons. The van der Waals surface area contributed by atoms with Crippen LogP contribution in [0, 0.1) is 5.82 Å². The number of hydrogen-bond donors (Lipinski definition) is 1. The van der Waals surface area contributed by atoms with Crippen molar-refractivity contribution in [3.8, 4) is 0 Å².